The van der Waals surface area contributed by atoms with Crippen molar-refractivity contribution in [3.63, 3.8) is 0 Å². The van der Waals surface area contributed by atoms with E-state index in [2.05, 4.69) is 26.8 Å². The molecular formula is C48H46BrN3O6. The molecule has 1 aliphatic rings. The molecule has 0 radical (unpaired) electrons. The van der Waals surface area contributed by atoms with Gasteiger partial charge in [0.25, 0.3) is 5.91 Å². The van der Waals surface area contributed by atoms with Crippen molar-refractivity contribution in [3.05, 3.63) is 196 Å². The zero-order valence-electron chi connectivity index (χ0n) is 32.1. The van der Waals surface area contributed by atoms with Crippen LogP contribution in [0, 0.1) is 0 Å². The lowest BCUT2D eigenvalue weighted by Crippen LogP contribution is -2.54. The van der Waals surface area contributed by atoms with E-state index in [1.807, 2.05) is 158 Å². The van der Waals surface area contributed by atoms with Crippen molar-refractivity contribution in [2.24, 2.45) is 4.99 Å². The second-order valence-electron chi connectivity index (χ2n) is 13.9. The molecule has 6 aromatic carbocycles. The molecule has 0 unspecified atom stereocenters. The molecule has 0 spiro atoms. The summed E-state index contributed by atoms with van der Waals surface area (Å²) < 4.78 is 25.8. The number of hydrogen-bond donors (Lipinski definition) is 3. The molecule has 6 aromatic rings. The maximum absolute atomic E-state index is 14.7. The van der Waals surface area contributed by atoms with Gasteiger partial charge in [-0.1, -0.05) is 131 Å². The normalized spacial score (nSPS) is 15.9. The molecule has 3 N–H and O–H groups in total. The van der Waals surface area contributed by atoms with Crippen LogP contribution >= 0.6 is 15.9 Å². The van der Waals surface area contributed by atoms with Crippen molar-refractivity contribution in [3.8, 4) is 17.2 Å². The minimum atomic E-state index is -1.37. The highest BCUT2D eigenvalue weighted by Crippen LogP contribution is 2.43. The van der Waals surface area contributed by atoms with E-state index in [0.717, 1.165) is 32.3 Å². The summed E-state index contributed by atoms with van der Waals surface area (Å²) in [6.45, 7) is 1.71. The lowest BCUT2D eigenvalue weighted by Gasteiger charge is -2.31. The van der Waals surface area contributed by atoms with Gasteiger partial charge in [-0.3, -0.25) is 10.2 Å². The number of aliphatic hydroxyl groups is 1. The van der Waals surface area contributed by atoms with Gasteiger partial charge in [-0.25, -0.2) is 10.4 Å². The molecule has 0 fully saturated rings. The molecule has 0 saturated carbocycles. The number of amides is 1. The third-order valence-corrected chi connectivity index (χ3v) is 10.5. The van der Waals surface area contributed by atoms with Gasteiger partial charge in [-0.15, -0.1) is 0 Å². The van der Waals surface area contributed by atoms with E-state index in [1.165, 1.54) is 0 Å². The number of hydrazine groups is 1. The molecule has 0 aromatic heterocycles. The van der Waals surface area contributed by atoms with E-state index in [0.29, 0.717) is 67.9 Å². The zero-order valence-corrected chi connectivity index (χ0v) is 33.6. The number of aliphatic imine (C=N–C) groups is 1. The Labute approximate surface area is 347 Å². The van der Waals surface area contributed by atoms with Gasteiger partial charge in [-0.2, -0.15) is 0 Å². The van der Waals surface area contributed by atoms with Gasteiger partial charge in [-0.05, 0) is 76.7 Å². The predicted octanol–water partition coefficient (Wildman–Crippen LogP) is 8.73. The fourth-order valence-electron chi connectivity index (χ4n) is 6.71. The van der Waals surface area contributed by atoms with Crippen LogP contribution in [0.15, 0.2) is 167 Å². The second-order valence-corrected chi connectivity index (χ2v) is 14.8. The maximum Gasteiger partial charge on any atom is 0.266 e. The van der Waals surface area contributed by atoms with Crippen molar-refractivity contribution in [1.82, 2.24) is 10.9 Å². The number of carbonyl (C=O) groups excluding carboxylic acids is 1. The number of nitrogens with zero attached hydrogens (tertiary/aromatic N) is 1. The first kappa shape index (κ1) is 40.3. The first-order valence-corrected chi connectivity index (χ1v) is 20.2. The smallest absolute Gasteiger partial charge is 0.266 e. The summed E-state index contributed by atoms with van der Waals surface area (Å²) >= 11 is 3.71. The highest BCUT2D eigenvalue weighted by molar-refractivity contribution is 9.10. The lowest BCUT2D eigenvalue weighted by atomic mass is 9.82. The van der Waals surface area contributed by atoms with Crippen LogP contribution in [0.4, 0.5) is 0 Å². The van der Waals surface area contributed by atoms with Gasteiger partial charge in [0.2, 0.25) is 5.90 Å². The van der Waals surface area contributed by atoms with E-state index in [9.17, 15) is 4.79 Å². The lowest BCUT2D eigenvalue weighted by molar-refractivity contribution is -0.130. The zero-order chi connectivity index (χ0) is 40.0. The Balaban J connectivity index is 1.10. The molecule has 9 nitrogen and oxygen atoms in total. The quantitative estimate of drug-likeness (QED) is 0.0553. The van der Waals surface area contributed by atoms with Crippen molar-refractivity contribution in [2.75, 3.05) is 19.8 Å². The second kappa shape index (κ2) is 20.0. The first-order valence-electron chi connectivity index (χ1n) is 19.4. The van der Waals surface area contributed by atoms with Crippen LogP contribution in [-0.4, -0.2) is 42.2 Å². The molecule has 1 aliphatic heterocycles. The summed E-state index contributed by atoms with van der Waals surface area (Å²) in [6.07, 6.45) is 0.668. The minimum Gasteiger partial charge on any atom is -0.494 e. The summed E-state index contributed by atoms with van der Waals surface area (Å²) in [5.41, 5.74) is 10.4. The number of hydrogen-bond acceptors (Lipinski definition) is 8. The van der Waals surface area contributed by atoms with Gasteiger partial charge in [0.1, 0.15) is 19.0 Å². The molecule has 2 atom stereocenters. The van der Waals surface area contributed by atoms with Gasteiger partial charge < -0.3 is 24.1 Å². The van der Waals surface area contributed by atoms with Crippen molar-refractivity contribution in [2.45, 2.75) is 44.1 Å². The van der Waals surface area contributed by atoms with Gasteiger partial charge >= 0.3 is 0 Å². The highest BCUT2D eigenvalue weighted by Gasteiger charge is 2.53. The average molecular weight is 841 g/mol. The van der Waals surface area contributed by atoms with Crippen LogP contribution in [0.2, 0.25) is 0 Å². The standard InChI is InChI=1S/C48H46BrN3O6/c49-42-20-11-10-19-40(42)32-48(45(38-17-8-3-9-18-38)58-46(51-48)39-22-24-41(25-23-39)55-30-12-29-53)47(54)52-50-28-27-35-21-26-43(56-33-36-13-4-1-5-14-36)44(31-35)57-34-37-15-6-2-7-16-37/h1-11,13-26,31,45,50,53H,12,27-30,32-34H2,(H,52,54)/t45-,48-/m0/s1. The summed E-state index contributed by atoms with van der Waals surface area (Å²) in [4.78, 5) is 19.9. The van der Waals surface area contributed by atoms with Crippen LogP contribution < -0.4 is 25.1 Å². The van der Waals surface area contributed by atoms with Crippen LogP contribution in [0.25, 0.3) is 0 Å². The van der Waals surface area contributed by atoms with Gasteiger partial charge in [0.15, 0.2) is 23.1 Å². The molecule has 296 valence electrons. The number of halogens is 1. The molecule has 0 saturated heterocycles. The Morgan fingerprint density at radius 3 is 2.03 bits per heavy atom. The van der Waals surface area contributed by atoms with Crippen LogP contribution in [0.1, 0.15) is 45.9 Å². The predicted molar refractivity (Wildman–Crippen MR) is 229 cm³/mol. The Morgan fingerprint density at radius 1 is 0.724 bits per heavy atom. The SMILES string of the molecule is O=C(NNCCc1ccc(OCc2ccccc2)c(OCc2ccccc2)c1)[C@@]1(Cc2ccccc2Br)N=C(c2ccc(OCCCO)cc2)O[C@H]1c1ccccc1. The topological polar surface area (TPSA) is 111 Å². The Kier molecular flexibility index (Phi) is 13.9. The van der Waals surface area contributed by atoms with Gasteiger partial charge in [0.05, 0.1) is 6.61 Å². The monoisotopic (exact) mass is 839 g/mol. The summed E-state index contributed by atoms with van der Waals surface area (Å²) in [5.74, 6) is 2.00. The Bertz CT molecular complexity index is 2260. The first-order chi connectivity index (χ1) is 28.5. The number of ether oxygens (including phenoxy) is 4. The fourth-order valence-corrected chi connectivity index (χ4v) is 7.14. The van der Waals surface area contributed by atoms with Crippen molar-refractivity contribution < 1.29 is 28.8 Å². The van der Waals surface area contributed by atoms with Crippen LogP contribution in [0.5, 0.6) is 17.2 Å². The molecular weight excluding hydrogens is 794 g/mol. The Hall–Kier alpha value is -5.94. The molecule has 58 heavy (non-hydrogen) atoms. The summed E-state index contributed by atoms with van der Waals surface area (Å²) in [6, 6.07) is 51.0. The van der Waals surface area contributed by atoms with E-state index in [1.54, 1.807) is 0 Å². The number of benzene rings is 6. The van der Waals surface area contributed by atoms with E-state index < -0.39 is 11.6 Å². The number of rotatable bonds is 19. The molecule has 0 bridgehead atoms. The number of nitrogens with one attached hydrogen (secondary N) is 2. The molecule has 1 heterocycles. The van der Waals surface area contributed by atoms with Gasteiger partial charge in [0, 0.05) is 36.0 Å². The Morgan fingerprint density at radius 2 is 1.36 bits per heavy atom. The molecule has 0 aliphatic carbocycles. The molecule has 7 rings (SSSR count). The third kappa shape index (κ3) is 10.3. The average Bonchev–Trinajstić information content (AvgIpc) is 3.66. The summed E-state index contributed by atoms with van der Waals surface area (Å²) in [7, 11) is 0. The van der Waals surface area contributed by atoms with Crippen molar-refractivity contribution in [1.29, 1.82) is 0 Å². The number of carbonyl (C=O) groups is 1. The molecule has 10 heteroatoms. The highest BCUT2D eigenvalue weighted by atomic mass is 79.9. The maximum atomic E-state index is 14.7. The van der Waals surface area contributed by atoms with E-state index >= 15 is 0 Å². The number of aliphatic hydroxyl groups excluding tert-OH is 1. The minimum absolute atomic E-state index is 0.0588. The van der Waals surface area contributed by atoms with E-state index in [-0.39, 0.29) is 18.9 Å². The molecule has 1 amide bonds. The largest absolute Gasteiger partial charge is 0.494 e. The van der Waals surface area contributed by atoms with Crippen LogP contribution in [0.3, 0.4) is 0 Å². The van der Waals surface area contributed by atoms with Crippen LogP contribution in [-0.2, 0) is 35.6 Å². The van der Waals surface area contributed by atoms with Crippen molar-refractivity contribution >= 4 is 27.7 Å². The fraction of sp³-hybridized carbons (Fsp3) is 0.208. The summed E-state index contributed by atoms with van der Waals surface area (Å²) in [5, 5.41) is 9.14. The third-order valence-electron chi connectivity index (χ3n) is 9.77. The van der Waals surface area contributed by atoms with E-state index in [4.69, 9.17) is 29.0 Å².